The van der Waals surface area contributed by atoms with Gasteiger partial charge in [-0.15, -0.1) is 11.3 Å². The summed E-state index contributed by atoms with van der Waals surface area (Å²) in [6.07, 6.45) is 5.49. The van der Waals surface area contributed by atoms with Crippen LogP contribution in [0, 0.1) is 11.3 Å². The van der Waals surface area contributed by atoms with E-state index in [0.717, 1.165) is 5.92 Å². The van der Waals surface area contributed by atoms with E-state index in [1.54, 1.807) is 0 Å². The summed E-state index contributed by atoms with van der Waals surface area (Å²) >= 11 is 5.40. The first kappa shape index (κ1) is 15.5. The molecule has 0 aliphatic heterocycles. The van der Waals surface area contributed by atoms with Crippen molar-refractivity contribution in [2.24, 2.45) is 11.3 Å². The zero-order valence-corrected chi connectivity index (χ0v) is 14.9. The van der Waals surface area contributed by atoms with Gasteiger partial charge in [-0.25, -0.2) is 0 Å². The molecular weight excluding hydrogens is 318 g/mol. The Bertz CT molecular complexity index is 407. The van der Waals surface area contributed by atoms with Crippen LogP contribution in [0.15, 0.2) is 15.9 Å². The molecule has 1 fully saturated rings. The first-order valence-electron chi connectivity index (χ1n) is 7.38. The summed E-state index contributed by atoms with van der Waals surface area (Å²) in [4.78, 5) is 1.44. The topological polar surface area (TPSA) is 12.0 Å². The van der Waals surface area contributed by atoms with Crippen LogP contribution in [0.2, 0.25) is 0 Å². The Morgan fingerprint density at radius 2 is 2.00 bits per heavy atom. The SMILES string of the molecule is CC(NC1CCCCC1C(C)(C)C)c1cc(Br)cs1. The van der Waals surface area contributed by atoms with Gasteiger partial charge in [-0.1, -0.05) is 33.6 Å². The highest BCUT2D eigenvalue weighted by Crippen LogP contribution is 2.39. The Kier molecular flexibility index (Phi) is 5.13. The number of nitrogens with one attached hydrogen (secondary N) is 1. The average molecular weight is 344 g/mol. The van der Waals surface area contributed by atoms with Gasteiger partial charge in [0.1, 0.15) is 0 Å². The van der Waals surface area contributed by atoms with Crippen molar-refractivity contribution in [3.05, 3.63) is 20.8 Å². The maximum absolute atomic E-state index is 3.89. The second-order valence-corrected chi connectivity index (χ2v) is 8.78. The van der Waals surface area contributed by atoms with Gasteiger partial charge in [0.2, 0.25) is 0 Å². The second kappa shape index (κ2) is 6.28. The van der Waals surface area contributed by atoms with E-state index >= 15 is 0 Å². The third-order valence-electron chi connectivity index (χ3n) is 4.36. The highest BCUT2D eigenvalue weighted by atomic mass is 79.9. The molecule has 0 spiro atoms. The summed E-state index contributed by atoms with van der Waals surface area (Å²) in [6, 6.07) is 3.38. The van der Waals surface area contributed by atoms with Gasteiger partial charge in [0.05, 0.1) is 0 Å². The average Bonchev–Trinajstić information content (AvgIpc) is 2.75. The number of halogens is 1. The van der Waals surface area contributed by atoms with Crippen molar-refractivity contribution in [1.29, 1.82) is 0 Å². The monoisotopic (exact) mass is 343 g/mol. The molecule has 108 valence electrons. The molecule has 1 aliphatic rings. The van der Waals surface area contributed by atoms with E-state index < -0.39 is 0 Å². The number of thiophene rings is 1. The van der Waals surface area contributed by atoms with Crippen LogP contribution in [0.4, 0.5) is 0 Å². The molecule has 0 bridgehead atoms. The fraction of sp³-hybridized carbons (Fsp3) is 0.750. The lowest BCUT2D eigenvalue weighted by Gasteiger charge is -2.42. The number of rotatable bonds is 3. The number of hydrogen-bond acceptors (Lipinski definition) is 2. The standard InChI is InChI=1S/C16H26BrNS/c1-11(15-9-12(17)10-19-15)18-14-8-6-5-7-13(14)16(2,3)4/h9-11,13-14,18H,5-8H2,1-4H3. The van der Waals surface area contributed by atoms with Crippen LogP contribution < -0.4 is 5.32 Å². The molecule has 1 nitrogen and oxygen atoms in total. The van der Waals surface area contributed by atoms with E-state index in [0.29, 0.717) is 17.5 Å². The quantitative estimate of drug-likeness (QED) is 0.734. The minimum atomic E-state index is 0.411. The van der Waals surface area contributed by atoms with E-state index in [1.165, 1.54) is 35.0 Å². The van der Waals surface area contributed by atoms with Crippen LogP contribution in [0.25, 0.3) is 0 Å². The van der Waals surface area contributed by atoms with Crippen molar-refractivity contribution in [2.45, 2.75) is 65.5 Å². The molecular formula is C16H26BrNS. The third kappa shape index (κ3) is 4.05. The van der Waals surface area contributed by atoms with Crippen LogP contribution in [0.1, 0.15) is 64.3 Å². The van der Waals surface area contributed by atoms with Gasteiger partial charge in [-0.3, -0.25) is 0 Å². The molecule has 3 heteroatoms. The fourth-order valence-corrected chi connectivity index (χ4v) is 4.79. The molecule has 0 saturated heterocycles. The second-order valence-electron chi connectivity index (χ2n) is 6.92. The van der Waals surface area contributed by atoms with Crippen molar-refractivity contribution in [3.8, 4) is 0 Å². The van der Waals surface area contributed by atoms with Gasteiger partial charge in [0.15, 0.2) is 0 Å². The van der Waals surface area contributed by atoms with Gasteiger partial charge < -0.3 is 5.32 Å². The van der Waals surface area contributed by atoms with Crippen molar-refractivity contribution < 1.29 is 0 Å². The summed E-state index contributed by atoms with van der Waals surface area (Å²) in [5.41, 5.74) is 0.411. The lowest BCUT2D eigenvalue weighted by Crippen LogP contribution is -2.45. The first-order chi connectivity index (χ1) is 8.88. The van der Waals surface area contributed by atoms with Crippen molar-refractivity contribution >= 4 is 27.3 Å². The third-order valence-corrected chi connectivity index (χ3v) is 6.23. The van der Waals surface area contributed by atoms with Crippen LogP contribution in [0.3, 0.4) is 0 Å². The molecule has 1 aromatic rings. The molecule has 2 rings (SSSR count). The fourth-order valence-electron chi connectivity index (χ4n) is 3.33. The highest BCUT2D eigenvalue weighted by molar-refractivity contribution is 9.10. The lowest BCUT2D eigenvalue weighted by atomic mass is 9.69. The Labute approximate surface area is 130 Å². The van der Waals surface area contributed by atoms with Gasteiger partial charge in [0.25, 0.3) is 0 Å². The van der Waals surface area contributed by atoms with Crippen LogP contribution in [-0.4, -0.2) is 6.04 Å². The molecule has 1 aromatic heterocycles. The van der Waals surface area contributed by atoms with Crippen LogP contribution in [-0.2, 0) is 0 Å². The zero-order valence-electron chi connectivity index (χ0n) is 12.5. The van der Waals surface area contributed by atoms with E-state index in [-0.39, 0.29) is 0 Å². The smallest absolute Gasteiger partial charge is 0.0388 e. The molecule has 1 aliphatic carbocycles. The van der Waals surface area contributed by atoms with Crippen LogP contribution in [0.5, 0.6) is 0 Å². The Morgan fingerprint density at radius 3 is 2.58 bits per heavy atom. The lowest BCUT2D eigenvalue weighted by molar-refractivity contribution is 0.125. The normalized spacial score (nSPS) is 26.4. The van der Waals surface area contributed by atoms with Gasteiger partial charge in [-0.05, 0) is 53.1 Å². The van der Waals surface area contributed by atoms with E-state index in [4.69, 9.17) is 0 Å². The Morgan fingerprint density at radius 1 is 1.32 bits per heavy atom. The number of hydrogen-bond donors (Lipinski definition) is 1. The summed E-state index contributed by atoms with van der Waals surface area (Å²) in [7, 11) is 0. The molecule has 3 atom stereocenters. The van der Waals surface area contributed by atoms with E-state index in [9.17, 15) is 0 Å². The summed E-state index contributed by atoms with van der Waals surface area (Å²) in [6.45, 7) is 9.48. The molecule has 0 aromatic carbocycles. The predicted octanol–water partition coefficient (Wildman–Crippen LogP) is 5.77. The van der Waals surface area contributed by atoms with Crippen molar-refractivity contribution in [2.75, 3.05) is 0 Å². The maximum atomic E-state index is 3.89. The van der Waals surface area contributed by atoms with Gasteiger partial charge in [0, 0.05) is 26.8 Å². The Hall–Kier alpha value is 0.140. The van der Waals surface area contributed by atoms with Gasteiger partial charge >= 0.3 is 0 Å². The molecule has 1 N–H and O–H groups in total. The molecule has 19 heavy (non-hydrogen) atoms. The largest absolute Gasteiger partial charge is 0.306 e. The first-order valence-corrected chi connectivity index (χ1v) is 9.05. The molecule has 3 unspecified atom stereocenters. The van der Waals surface area contributed by atoms with E-state index in [2.05, 4.69) is 60.4 Å². The molecule has 1 heterocycles. The highest BCUT2D eigenvalue weighted by Gasteiger charge is 2.34. The zero-order chi connectivity index (χ0) is 14.0. The van der Waals surface area contributed by atoms with E-state index in [1.807, 2.05) is 11.3 Å². The van der Waals surface area contributed by atoms with Crippen molar-refractivity contribution in [3.63, 3.8) is 0 Å². The minimum absolute atomic E-state index is 0.411. The summed E-state index contributed by atoms with van der Waals surface area (Å²) < 4.78 is 1.21. The van der Waals surface area contributed by atoms with Crippen molar-refractivity contribution in [1.82, 2.24) is 5.32 Å². The molecule has 0 amide bonds. The Balaban J connectivity index is 2.03. The van der Waals surface area contributed by atoms with Crippen LogP contribution >= 0.6 is 27.3 Å². The van der Waals surface area contributed by atoms with Gasteiger partial charge in [-0.2, -0.15) is 0 Å². The molecule has 1 saturated carbocycles. The minimum Gasteiger partial charge on any atom is -0.306 e. The predicted molar refractivity (Wildman–Crippen MR) is 88.8 cm³/mol. The summed E-state index contributed by atoms with van der Waals surface area (Å²) in [5.74, 6) is 0.798. The summed E-state index contributed by atoms with van der Waals surface area (Å²) in [5, 5.41) is 6.07. The molecule has 0 radical (unpaired) electrons. The maximum Gasteiger partial charge on any atom is 0.0388 e.